The van der Waals surface area contributed by atoms with Gasteiger partial charge >= 0.3 is 0 Å². The van der Waals surface area contributed by atoms with E-state index in [0.717, 1.165) is 29.0 Å². The number of carbonyl (C=O) groups is 1. The molecule has 0 spiro atoms. The van der Waals surface area contributed by atoms with Crippen molar-refractivity contribution in [2.45, 2.75) is 6.92 Å². The minimum absolute atomic E-state index is 0.0815. The number of hydrogen-bond acceptors (Lipinski definition) is 5. The van der Waals surface area contributed by atoms with Crippen LogP contribution in [0.5, 0.6) is 0 Å². The first-order valence-corrected chi connectivity index (χ1v) is 10.2. The molecule has 2 aromatic heterocycles. The fourth-order valence-corrected chi connectivity index (χ4v) is 3.25. The number of fused-ring (bicyclic) bond motifs is 1. The molecule has 0 unspecified atom stereocenters. The maximum atomic E-state index is 12.2. The standard InChI is InChI=1S/C24H26N6O/c1-17-6-8-18(9-7-17)21-5-4-15-30-22(21)27-24(28-30)26-20-12-10-19(11-13-20)23(31)25-14-16-29(2)3/h4-13,15H,14,16H2,1-3H3,(H,25,31)(H,26,28). The molecule has 0 aliphatic carbocycles. The van der Waals surface area contributed by atoms with Gasteiger partial charge in [-0.3, -0.25) is 4.79 Å². The van der Waals surface area contributed by atoms with Gasteiger partial charge in [0.1, 0.15) is 0 Å². The maximum absolute atomic E-state index is 12.2. The lowest BCUT2D eigenvalue weighted by Gasteiger charge is -2.10. The van der Waals surface area contributed by atoms with E-state index in [1.807, 2.05) is 49.5 Å². The van der Waals surface area contributed by atoms with Crippen molar-refractivity contribution in [1.82, 2.24) is 24.8 Å². The Balaban J connectivity index is 1.49. The van der Waals surface area contributed by atoms with E-state index in [1.54, 1.807) is 16.6 Å². The van der Waals surface area contributed by atoms with Crippen molar-refractivity contribution in [3.8, 4) is 11.1 Å². The Labute approximate surface area is 181 Å². The number of hydrogen-bond donors (Lipinski definition) is 2. The molecule has 7 nitrogen and oxygen atoms in total. The number of rotatable bonds is 7. The highest BCUT2D eigenvalue weighted by Gasteiger charge is 2.11. The first kappa shape index (κ1) is 20.6. The van der Waals surface area contributed by atoms with Gasteiger partial charge in [-0.15, -0.1) is 5.10 Å². The lowest BCUT2D eigenvalue weighted by molar-refractivity contribution is 0.0951. The van der Waals surface area contributed by atoms with E-state index in [9.17, 15) is 4.79 Å². The molecule has 0 fully saturated rings. The highest BCUT2D eigenvalue weighted by atomic mass is 16.1. The predicted octanol–water partition coefficient (Wildman–Crippen LogP) is 3.74. The first-order valence-electron chi connectivity index (χ1n) is 10.2. The zero-order valence-electron chi connectivity index (χ0n) is 18.0. The number of likely N-dealkylation sites (N-methyl/N-ethyl adjacent to an activating group) is 1. The van der Waals surface area contributed by atoms with E-state index < -0.39 is 0 Å². The normalized spacial score (nSPS) is 11.1. The second-order valence-corrected chi connectivity index (χ2v) is 7.75. The third kappa shape index (κ3) is 4.90. The number of aromatic nitrogens is 3. The van der Waals surface area contributed by atoms with Gasteiger partial charge in [0.25, 0.3) is 5.91 Å². The predicted molar refractivity (Wildman–Crippen MR) is 124 cm³/mol. The number of pyridine rings is 1. The zero-order chi connectivity index (χ0) is 21.8. The Morgan fingerprint density at radius 2 is 1.77 bits per heavy atom. The van der Waals surface area contributed by atoms with E-state index in [4.69, 9.17) is 0 Å². The van der Waals surface area contributed by atoms with Crippen LogP contribution in [-0.2, 0) is 0 Å². The number of nitrogens with one attached hydrogen (secondary N) is 2. The van der Waals surface area contributed by atoms with Gasteiger partial charge in [0.2, 0.25) is 5.95 Å². The summed E-state index contributed by atoms with van der Waals surface area (Å²) >= 11 is 0. The largest absolute Gasteiger partial charge is 0.351 e. The van der Waals surface area contributed by atoms with E-state index in [0.29, 0.717) is 18.1 Å². The topological polar surface area (TPSA) is 74.6 Å². The Kier molecular flexibility index (Phi) is 5.95. The van der Waals surface area contributed by atoms with Gasteiger partial charge in [-0.2, -0.15) is 4.98 Å². The number of benzene rings is 2. The molecular weight excluding hydrogens is 388 g/mol. The molecule has 0 bridgehead atoms. The lowest BCUT2D eigenvalue weighted by atomic mass is 10.1. The molecule has 4 aromatic rings. The fraction of sp³-hybridized carbons (Fsp3) is 0.208. The number of anilines is 2. The van der Waals surface area contributed by atoms with Crippen LogP contribution in [0.25, 0.3) is 16.8 Å². The van der Waals surface area contributed by atoms with E-state index in [2.05, 4.69) is 51.9 Å². The van der Waals surface area contributed by atoms with Gasteiger partial charge in [-0.1, -0.05) is 29.8 Å². The second-order valence-electron chi connectivity index (χ2n) is 7.75. The molecule has 31 heavy (non-hydrogen) atoms. The van der Waals surface area contributed by atoms with E-state index >= 15 is 0 Å². The Morgan fingerprint density at radius 3 is 2.48 bits per heavy atom. The summed E-state index contributed by atoms with van der Waals surface area (Å²) in [6, 6.07) is 19.7. The van der Waals surface area contributed by atoms with Crippen LogP contribution in [0.1, 0.15) is 15.9 Å². The van der Waals surface area contributed by atoms with Gasteiger partial charge in [-0.25, -0.2) is 4.52 Å². The van der Waals surface area contributed by atoms with Crippen molar-refractivity contribution >= 4 is 23.2 Å². The Bertz CT molecular complexity index is 1180. The van der Waals surface area contributed by atoms with E-state index in [-0.39, 0.29) is 5.91 Å². The van der Waals surface area contributed by atoms with Gasteiger partial charge in [0, 0.05) is 36.1 Å². The number of carbonyl (C=O) groups excluding carboxylic acids is 1. The fourth-order valence-electron chi connectivity index (χ4n) is 3.25. The minimum Gasteiger partial charge on any atom is -0.351 e. The molecule has 0 aliphatic heterocycles. The summed E-state index contributed by atoms with van der Waals surface area (Å²) in [6.45, 7) is 3.48. The molecule has 0 radical (unpaired) electrons. The van der Waals surface area contributed by atoms with Gasteiger partial charge in [-0.05, 0) is 63.0 Å². The average Bonchev–Trinajstić information content (AvgIpc) is 3.17. The van der Waals surface area contributed by atoms with Crippen molar-refractivity contribution in [3.05, 3.63) is 78.0 Å². The molecule has 0 saturated heterocycles. The van der Waals surface area contributed by atoms with E-state index in [1.165, 1.54) is 5.56 Å². The quantitative estimate of drug-likeness (QED) is 0.482. The summed E-state index contributed by atoms with van der Waals surface area (Å²) in [6.07, 6.45) is 1.88. The number of nitrogens with zero attached hydrogens (tertiary/aromatic N) is 4. The summed E-state index contributed by atoms with van der Waals surface area (Å²) in [4.78, 5) is 18.9. The third-order valence-corrected chi connectivity index (χ3v) is 4.97. The summed E-state index contributed by atoms with van der Waals surface area (Å²) < 4.78 is 1.77. The molecule has 158 valence electrons. The maximum Gasteiger partial charge on any atom is 0.251 e. The highest BCUT2D eigenvalue weighted by Crippen LogP contribution is 2.25. The van der Waals surface area contributed by atoms with Crippen molar-refractivity contribution in [1.29, 1.82) is 0 Å². The van der Waals surface area contributed by atoms with Crippen LogP contribution in [0.15, 0.2) is 66.9 Å². The third-order valence-electron chi connectivity index (χ3n) is 4.97. The molecule has 0 saturated carbocycles. The zero-order valence-corrected chi connectivity index (χ0v) is 18.0. The molecular formula is C24H26N6O. The van der Waals surface area contributed by atoms with Crippen LogP contribution >= 0.6 is 0 Å². The molecule has 1 amide bonds. The minimum atomic E-state index is -0.0815. The monoisotopic (exact) mass is 414 g/mol. The van der Waals surface area contributed by atoms with Crippen LogP contribution in [0.3, 0.4) is 0 Å². The summed E-state index contributed by atoms with van der Waals surface area (Å²) in [7, 11) is 3.95. The van der Waals surface area contributed by atoms with Crippen LogP contribution in [0.2, 0.25) is 0 Å². The molecule has 2 N–H and O–H groups in total. The van der Waals surface area contributed by atoms with Crippen LogP contribution in [0.4, 0.5) is 11.6 Å². The summed E-state index contributed by atoms with van der Waals surface area (Å²) in [5, 5.41) is 10.7. The molecule has 4 rings (SSSR count). The molecule has 2 aromatic carbocycles. The van der Waals surface area contributed by atoms with Gasteiger partial charge in [0.15, 0.2) is 5.65 Å². The molecule has 0 atom stereocenters. The second kappa shape index (κ2) is 8.97. The van der Waals surface area contributed by atoms with Gasteiger partial charge in [0.05, 0.1) is 0 Å². The lowest BCUT2D eigenvalue weighted by Crippen LogP contribution is -2.31. The van der Waals surface area contributed by atoms with Crippen molar-refractivity contribution < 1.29 is 4.79 Å². The van der Waals surface area contributed by atoms with Crippen molar-refractivity contribution in [3.63, 3.8) is 0 Å². The smallest absolute Gasteiger partial charge is 0.251 e. The number of amides is 1. The Morgan fingerprint density at radius 1 is 1.03 bits per heavy atom. The first-order chi connectivity index (χ1) is 15.0. The summed E-state index contributed by atoms with van der Waals surface area (Å²) in [5.41, 5.74) is 5.55. The average molecular weight is 415 g/mol. The van der Waals surface area contributed by atoms with Crippen LogP contribution < -0.4 is 10.6 Å². The molecule has 2 heterocycles. The highest BCUT2D eigenvalue weighted by molar-refractivity contribution is 5.94. The SMILES string of the molecule is Cc1ccc(-c2cccn3nc(Nc4ccc(C(=O)NCCN(C)C)cc4)nc23)cc1. The molecule has 7 heteroatoms. The number of aryl methyl sites for hydroxylation is 1. The van der Waals surface area contributed by atoms with Crippen LogP contribution in [-0.4, -0.2) is 52.6 Å². The van der Waals surface area contributed by atoms with Crippen molar-refractivity contribution in [2.24, 2.45) is 0 Å². The van der Waals surface area contributed by atoms with Crippen LogP contribution in [0, 0.1) is 6.92 Å². The Hall–Kier alpha value is -3.71. The molecule has 0 aliphatic rings. The van der Waals surface area contributed by atoms with Gasteiger partial charge < -0.3 is 15.5 Å². The van der Waals surface area contributed by atoms with Crippen molar-refractivity contribution in [2.75, 3.05) is 32.5 Å². The summed E-state index contributed by atoms with van der Waals surface area (Å²) in [5.74, 6) is 0.421.